The summed E-state index contributed by atoms with van der Waals surface area (Å²) in [6.07, 6.45) is 1.58. The zero-order chi connectivity index (χ0) is 17.1. The fourth-order valence-electron chi connectivity index (χ4n) is 2.21. The lowest BCUT2D eigenvalue weighted by Gasteiger charge is -2.18. The third kappa shape index (κ3) is 2.98. The third-order valence-electron chi connectivity index (χ3n) is 3.51. The van der Waals surface area contributed by atoms with Gasteiger partial charge in [0.05, 0.1) is 20.5 Å². The first-order chi connectivity index (χ1) is 11.6. The first kappa shape index (κ1) is 16.1. The largest absolute Gasteiger partial charge is 0.493 e. The highest BCUT2D eigenvalue weighted by molar-refractivity contribution is 7.13. The molecule has 0 atom stereocenters. The van der Waals surface area contributed by atoms with E-state index in [0.29, 0.717) is 33.6 Å². The molecule has 2 aromatic heterocycles. The number of amides is 1. The number of methoxy groups -OCH3 is 2. The van der Waals surface area contributed by atoms with Crippen molar-refractivity contribution in [2.24, 2.45) is 0 Å². The Morgan fingerprint density at radius 1 is 1.21 bits per heavy atom. The Balaban J connectivity index is 1.85. The lowest BCUT2D eigenvalue weighted by Crippen LogP contribution is -2.26. The van der Waals surface area contributed by atoms with Gasteiger partial charge in [0, 0.05) is 24.2 Å². The number of hydrogen-bond acceptors (Lipinski definition) is 6. The number of aromatic nitrogens is 1. The predicted octanol–water partition coefficient (Wildman–Crippen LogP) is 3.70. The van der Waals surface area contributed by atoms with E-state index in [2.05, 4.69) is 4.98 Å². The number of anilines is 1. The highest BCUT2D eigenvalue weighted by atomic mass is 32.1. The fraction of sp³-hybridized carbons (Fsp3) is 0.176. The van der Waals surface area contributed by atoms with Crippen molar-refractivity contribution in [1.82, 2.24) is 4.98 Å². The molecule has 1 aromatic carbocycles. The maximum Gasteiger partial charge on any atom is 0.277 e. The van der Waals surface area contributed by atoms with Gasteiger partial charge >= 0.3 is 0 Å². The van der Waals surface area contributed by atoms with Crippen molar-refractivity contribution in [3.8, 4) is 22.3 Å². The topological polar surface area (TPSA) is 64.8 Å². The van der Waals surface area contributed by atoms with E-state index in [4.69, 9.17) is 13.9 Å². The molecule has 0 fully saturated rings. The van der Waals surface area contributed by atoms with Crippen LogP contribution in [0.15, 0.2) is 46.4 Å². The summed E-state index contributed by atoms with van der Waals surface area (Å²) in [6, 6.07) is 8.89. The lowest BCUT2D eigenvalue weighted by molar-refractivity contribution is 0.0989. The molecule has 0 aliphatic rings. The second kappa shape index (κ2) is 6.76. The molecule has 3 rings (SSSR count). The smallest absolute Gasteiger partial charge is 0.277 e. The van der Waals surface area contributed by atoms with Crippen LogP contribution in [-0.2, 0) is 0 Å². The SMILES string of the molecule is COc1ccc(N(C)C(=O)c2csc(-c3ccco3)n2)cc1OC. The van der Waals surface area contributed by atoms with Crippen LogP contribution >= 0.6 is 11.3 Å². The molecule has 3 aromatic rings. The Labute approximate surface area is 143 Å². The number of ether oxygens (including phenoxy) is 2. The van der Waals surface area contributed by atoms with Crippen LogP contribution in [-0.4, -0.2) is 32.2 Å². The van der Waals surface area contributed by atoms with E-state index in [1.54, 1.807) is 57.2 Å². The molecule has 24 heavy (non-hydrogen) atoms. The number of benzene rings is 1. The normalized spacial score (nSPS) is 10.5. The van der Waals surface area contributed by atoms with Crippen LogP contribution in [0.4, 0.5) is 5.69 Å². The van der Waals surface area contributed by atoms with Crippen molar-refractivity contribution in [3.05, 3.63) is 47.7 Å². The molecule has 124 valence electrons. The Kier molecular flexibility index (Phi) is 4.52. The molecular weight excluding hydrogens is 328 g/mol. The van der Waals surface area contributed by atoms with Crippen LogP contribution in [0.25, 0.3) is 10.8 Å². The zero-order valence-electron chi connectivity index (χ0n) is 13.5. The van der Waals surface area contributed by atoms with Crippen molar-refractivity contribution in [3.63, 3.8) is 0 Å². The average molecular weight is 344 g/mol. The summed E-state index contributed by atoms with van der Waals surface area (Å²) in [5, 5.41) is 2.39. The Hall–Kier alpha value is -2.80. The van der Waals surface area contributed by atoms with Crippen LogP contribution in [0, 0.1) is 0 Å². The van der Waals surface area contributed by atoms with Crippen molar-refractivity contribution in [2.45, 2.75) is 0 Å². The molecule has 6 nitrogen and oxygen atoms in total. The van der Waals surface area contributed by atoms with E-state index in [-0.39, 0.29) is 5.91 Å². The summed E-state index contributed by atoms with van der Waals surface area (Å²) in [6.45, 7) is 0. The van der Waals surface area contributed by atoms with Crippen LogP contribution in [0.2, 0.25) is 0 Å². The molecule has 0 aliphatic heterocycles. The lowest BCUT2D eigenvalue weighted by atomic mass is 10.2. The minimum absolute atomic E-state index is 0.212. The van der Waals surface area contributed by atoms with Gasteiger partial charge in [-0.15, -0.1) is 11.3 Å². The maximum absolute atomic E-state index is 12.6. The molecule has 0 radical (unpaired) electrons. The third-order valence-corrected chi connectivity index (χ3v) is 4.37. The van der Waals surface area contributed by atoms with E-state index in [0.717, 1.165) is 0 Å². The van der Waals surface area contributed by atoms with Gasteiger partial charge in [-0.05, 0) is 24.3 Å². The van der Waals surface area contributed by atoms with Crippen molar-refractivity contribution in [2.75, 3.05) is 26.2 Å². The Morgan fingerprint density at radius 2 is 2.00 bits per heavy atom. The molecule has 0 aliphatic carbocycles. The molecule has 2 heterocycles. The molecule has 0 saturated heterocycles. The fourth-order valence-corrected chi connectivity index (χ4v) is 2.97. The number of rotatable bonds is 5. The van der Waals surface area contributed by atoms with Gasteiger partial charge in [-0.2, -0.15) is 0 Å². The number of thiazole rings is 1. The first-order valence-corrected chi connectivity index (χ1v) is 8.01. The van der Waals surface area contributed by atoms with Gasteiger partial charge in [-0.1, -0.05) is 0 Å². The van der Waals surface area contributed by atoms with Gasteiger partial charge < -0.3 is 18.8 Å². The van der Waals surface area contributed by atoms with Gasteiger partial charge in [0.25, 0.3) is 5.91 Å². The zero-order valence-corrected chi connectivity index (χ0v) is 14.3. The summed E-state index contributed by atoms with van der Waals surface area (Å²) < 4.78 is 15.8. The van der Waals surface area contributed by atoms with E-state index in [9.17, 15) is 4.79 Å². The van der Waals surface area contributed by atoms with Crippen LogP contribution in [0.1, 0.15) is 10.5 Å². The number of carbonyl (C=O) groups is 1. The van der Waals surface area contributed by atoms with E-state index >= 15 is 0 Å². The predicted molar refractivity (Wildman–Crippen MR) is 92.1 cm³/mol. The standard InChI is InChI=1S/C17H16N2O4S/c1-19(11-6-7-13(21-2)15(9-11)22-3)17(20)12-10-24-16(18-12)14-5-4-8-23-14/h4-10H,1-3H3. The van der Waals surface area contributed by atoms with Gasteiger partial charge in [-0.3, -0.25) is 4.79 Å². The minimum Gasteiger partial charge on any atom is -0.493 e. The molecule has 0 bridgehead atoms. The summed E-state index contributed by atoms with van der Waals surface area (Å²) >= 11 is 1.36. The molecular formula is C17H16N2O4S. The van der Waals surface area contributed by atoms with Crippen molar-refractivity contribution < 1.29 is 18.7 Å². The summed E-state index contributed by atoms with van der Waals surface area (Å²) in [4.78, 5) is 18.5. The summed E-state index contributed by atoms with van der Waals surface area (Å²) in [5.41, 5.74) is 1.05. The van der Waals surface area contributed by atoms with E-state index in [1.165, 1.54) is 16.2 Å². The minimum atomic E-state index is -0.212. The summed E-state index contributed by atoms with van der Waals surface area (Å²) in [7, 11) is 4.81. The molecule has 0 spiro atoms. The first-order valence-electron chi connectivity index (χ1n) is 7.13. The number of nitrogens with zero attached hydrogens (tertiary/aromatic N) is 2. The van der Waals surface area contributed by atoms with Crippen molar-refractivity contribution >= 4 is 22.9 Å². The number of carbonyl (C=O) groups excluding carboxylic acids is 1. The average Bonchev–Trinajstić information content (AvgIpc) is 3.30. The highest BCUT2D eigenvalue weighted by Gasteiger charge is 2.19. The van der Waals surface area contributed by atoms with E-state index < -0.39 is 0 Å². The molecule has 1 amide bonds. The number of hydrogen-bond donors (Lipinski definition) is 0. The van der Waals surface area contributed by atoms with Gasteiger partial charge in [0.2, 0.25) is 0 Å². The maximum atomic E-state index is 12.6. The van der Waals surface area contributed by atoms with Crippen molar-refractivity contribution in [1.29, 1.82) is 0 Å². The highest BCUT2D eigenvalue weighted by Crippen LogP contribution is 2.32. The summed E-state index contributed by atoms with van der Waals surface area (Å²) in [5.74, 6) is 1.60. The van der Waals surface area contributed by atoms with E-state index in [1.807, 2.05) is 6.07 Å². The van der Waals surface area contributed by atoms with Gasteiger partial charge in [0.1, 0.15) is 5.69 Å². The second-order valence-electron chi connectivity index (χ2n) is 4.92. The molecule has 0 N–H and O–H groups in total. The monoisotopic (exact) mass is 344 g/mol. The van der Waals surface area contributed by atoms with Gasteiger partial charge in [-0.25, -0.2) is 4.98 Å². The Bertz CT molecular complexity index is 842. The molecule has 0 saturated carbocycles. The second-order valence-corrected chi connectivity index (χ2v) is 5.78. The molecule has 0 unspecified atom stereocenters. The van der Waals surface area contributed by atoms with Crippen LogP contribution in [0.5, 0.6) is 11.5 Å². The molecule has 7 heteroatoms. The number of furan rings is 1. The quantitative estimate of drug-likeness (QED) is 0.706. The van der Waals surface area contributed by atoms with Gasteiger partial charge in [0.15, 0.2) is 22.3 Å². The Morgan fingerprint density at radius 3 is 2.67 bits per heavy atom. The van der Waals surface area contributed by atoms with Crippen LogP contribution < -0.4 is 14.4 Å². The van der Waals surface area contributed by atoms with Crippen LogP contribution in [0.3, 0.4) is 0 Å².